The number of allylic oxidation sites excluding steroid dienone is 2. The van der Waals surface area contributed by atoms with Crippen LogP contribution in [0, 0.1) is 17.7 Å². The minimum absolute atomic E-state index is 0.121. The van der Waals surface area contributed by atoms with Crippen LogP contribution in [0.2, 0.25) is 0 Å². The van der Waals surface area contributed by atoms with E-state index in [0.29, 0.717) is 12.5 Å². The Morgan fingerprint density at radius 3 is 2.49 bits per heavy atom. The zero-order valence-corrected chi connectivity index (χ0v) is 25.6. The third kappa shape index (κ3) is 8.64. The van der Waals surface area contributed by atoms with E-state index in [4.69, 9.17) is 4.74 Å². The summed E-state index contributed by atoms with van der Waals surface area (Å²) in [6.07, 6.45) is 12.0. The number of carboxylic acids is 1. The summed E-state index contributed by atoms with van der Waals surface area (Å²) in [5, 5.41) is 9.37. The molecule has 1 aromatic carbocycles. The minimum atomic E-state index is -1.26. The fourth-order valence-electron chi connectivity index (χ4n) is 6.15. The molecule has 2 aliphatic rings. The third-order valence-corrected chi connectivity index (χ3v) is 8.74. The van der Waals surface area contributed by atoms with E-state index in [0.717, 1.165) is 94.0 Å². The van der Waals surface area contributed by atoms with Crippen LogP contribution in [0.5, 0.6) is 0 Å². The van der Waals surface area contributed by atoms with Crippen LogP contribution in [0.15, 0.2) is 54.2 Å². The van der Waals surface area contributed by atoms with E-state index >= 15 is 0 Å². The lowest BCUT2D eigenvalue weighted by atomic mass is 9.78. The van der Waals surface area contributed by atoms with E-state index in [1.807, 2.05) is 13.0 Å². The molecule has 1 heterocycles. The number of ether oxygens (including phenoxy) is 1. The molecule has 1 N–H and O–H groups in total. The van der Waals surface area contributed by atoms with E-state index in [2.05, 4.69) is 38.8 Å². The Morgan fingerprint density at radius 2 is 1.93 bits per heavy atom. The average Bonchev–Trinajstić information content (AvgIpc) is 3.79. The molecule has 0 radical (unpaired) electrons. The first-order chi connectivity index (χ1) is 19.5. The maximum absolute atomic E-state index is 14.0. The third-order valence-electron chi connectivity index (χ3n) is 8.74. The molecule has 0 aromatic heterocycles. The smallest absolute Gasteiger partial charge is 0.338 e. The highest BCUT2D eigenvalue weighted by atomic mass is 19.1. The topological polar surface area (TPSA) is 66.8 Å². The summed E-state index contributed by atoms with van der Waals surface area (Å²) >= 11 is 0. The second-order valence-electron chi connectivity index (χ2n) is 12.3. The molecule has 1 aliphatic carbocycles. The summed E-state index contributed by atoms with van der Waals surface area (Å²) in [4.78, 5) is 27.3. The zero-order chi connectivity index (χ0) is 30.2. The number of hydrogen-bond acceptors (Lipinski definition) is 4. The van der Waals surface area contributed by atoms with Crippen molar-refractivity contribution in [2.24, 2.45) is 11.8 Å². The summed E-state index contributed by atoms with van der Waals surface area (Å²) in [5.41, 5.74) is 3.10. The standard InChI is InChI=1S/C35H50FNO4/c1-7-9-10-27(20-24(3)4)21-33(38)35(29-13-14-29)18-17-28(23-41-35)25(5)11-12-26(6)37(19-8-2)30-15-16-32(36)31(22-30)34(39)40/h15-16,21-22,26,28-29H,3,5,7-14,17-20,23H2,1-2,4,6H3,(H,39,40)/b27-21-/t26-,28+,35-/m0/s1. The van der Waals surface area contributed by atoms with Crippen molar-refractivity contribution in [2.45, 2.75) is 110 Å². The first-order valence-electron chi connectivity index (χ1n) is 15.5. The van der Waals surface area contributed by atoms with Crippen LogP contribution in [-0.4, -0.2) is 41.7 Å². The van der Waals surface area contributed by atoms with Crippen molar-refractivity contribution in [1.82, 2.24) is 0 Å². The van der Waals surface area contributed by atoms with Gasteiger partial charge >= 0.3 is 5.97 Å². The van der Waals surface area contributed by atoms with Gasteiger partial charge in [0.2, 0.25) is 0 Å². The van der Waals surface area contributed by atoms with Crippen LogP contribution in [-0.2, 0) is 9.53 Å². The van der Waals surface area contributed by atoms with Gasteiger partial charge in [-0.2, -0.15) is 0 Å². The molecule has 0 amide bonds. The SMILES string of the molecule is C=C(C)C/C(=C\C(=O)[C@@]1(C2CC2)CC[C@@H](C(=C)CC[C@H](C)N(CCC)c2ccc(F)c(C(=O)O)c2)CO1)CCCC. The lowest BCUT2D eigenvalue weighted by Crippen LogP contribution is -2.48. The molecule has 0 spiro atoms. The Kier molecular flexibility index (Phi) is 12.0. The summed E-state index contributed by atoms with van der Waals surface area (Å²) in [6, 6.07) is 4.45. The van der Waals surface area contributed by atoms with Crippen molar-refractivity contribution in [3.63, 3.8) is 0 Å². The van der Waals surface area contributed by atoms with Crippen LogP contribution in [0.4, 0.5) is 10.1 Å². The van der Waals surface area contributed by atoms with Crippen molar-refractivity contribution >= 4 is 17.4 Å². The number of ketones is 1. The summed E-state index contributed by atoms with van der Waals surface area (Å²) in [7, 11) is 0. The normalized spacial score (nSPS) is 21.8. The van der Waals surface area contributed by atoms with Crippen molar-refractivity contribution in [1.29, 1.82) is 0 Å². The first-order valence-corrected chi connectivity index (χ1v) is 15.5. The quantitative estimate of drug-likeness (QED) is 0.151. The highest BCUT2D eigenvalue weighted by molar-refractivity contribution is 5.98. The number of carbonyl (C=O) groups excluding carboxylic acids is 1. The molecule has 0 bridgehead atoms. The molecule has 5 nitrogen and oxygen atoms in total. The van der Waals surface area contributed by atoms with E-state index in [1.54, 1.807) is 6.07 Å². The van der Waals surface area contributed by atoms with Gasteiger partial charge < -0.3 is 14.7 Å². The van der Waals surface area contributed by atoms with Crippen molar-refractivity contribution < 1.29 is 23.8 Å². The van der Waals surface area contributed by atoms with Gasteiger partial charge in [0.05, 0.1) is 12.2 Å². The lowest BCUT2D eigenvalue weighted by molar-refractivity contribution is -0.154. The molecule has 6 heteroatoms. The predicted octanol–water partition coefficient (Wildman–Crippen LogP) is 8.69. The van der Waals surface area contributed by atoms with Gasteiger partial charge in [-0.05, 0) is 108 Å². The summed E-state index contributed by atoms with van der Waals surface area (Å²) in [6.45, 7) is 18.1. The molecule has 1 saturated heterocycles. The van der Waals surface area contributed by atoms with Crippen molar-refractivity contribution in [3.05, 3.63) is 65.5 Å². The Hall–Kier alpha value is -2.73. The molecule has 41 heavy (non-hydrogen) atoms. The van der Waals surface area contributed by atoms with Gasteiger partial charge in [-0.1, -0.05) is 50.1 Å². The number of anilines is 1. The Labute approximate surface area is 246 Å². The molecule has 2 fully saturated rings. The van der Waals surface area contributed by atoms with Crippen LogP contribution >= 0.6 is 0 Å². The van der Waals surface area contributed by atoms with Crippen LogP contribution in [0.25, 0.3) is 0 Å². The molecule has 3 rings (SSSR count). The van der Waals surface area contributed by atoms with Crippen molar-refractivity contribution in [2.75, 3.05) is 18.1 Å². The number of nitrogens with zero attached hydrogens (tertiary/aromatic N) is 1. The Bertz CT molecular complexity index is 1130. The van der Waals surface area contributed by atoms with E-state index in [9.17, 15) is 19.1 Å². The van der Waals surface area contributed by atoms with Gasteiger partial charge in [-0.3, -0.25) is 4.79 Å². The molecule has 226 valence electrons. The predicted molar refractivity (Wildman–Crippen MR) is 165 cm³/mol. The molecule has 1 aromatic rings. The van der Waals surface area contributed by atoms with Crippen LogP contribution < -0.4 is 4.90 Å². The maximum Gasteiger partial charge on any atom is 0.338 e. The molecular formula is C35H50FNO4. The summed E-state index contributed by atoms with van der Waals surface area (Å²) < 4.78 is 20.5. The molecule has 0 unspecified atom stereocenters. The van der Waals surface area contributed by atoms with Crippen LogP contribution in [0.1, 0.15) is 109 Å². The molecule has 1 saturated carbocycles. The van der Waals surface area contributed by atoms with Gasteiger partial charge in [-0.15, -0.1) is 0 Å². The van der Waals surface area contributed by atoms with Gasteiger partial charge in [0.15, 0.2) is 5.78 Å². The Morgan fingerprint density at radius 1 is 1.20 bits per heavy atom. The van der Waals surface area contributed by atoms with E-state index in [1.165, 1.54) is 17.7 Å². The van der Waals surface area contributed by atoms with Gasteiger partial charge in [0, 0.05) is 24.2 Å². The highest BCUT2D eigenvalue weighted by Gasteiger charge is 2.52. The molecule has 3 atom stereocenters. The number of rotatable bonds is 17. The lowest BCUT2D eigenvalue weighted by Gasteiger charge is -2.40. The number of hydrogen-bond donors (Lipinski definition) is 1. The summed E-state index contributed by atoms with van der Waals surface area (Å²) in [5.74, 6) is -1.32. The fourth-order valence-corrected chi connectivity index (χ4v) is 6.15. The number of unbranched alkanes of at least 4 members (excludes halogenated alkanes) is 1. The number of carbonyl (C=O) groups is 2. The molecular weight excluding hydrogens is 517 g/mol. The number of carboxylic acid groups (broad SMARTS) is 1. The Balaban J connectivity index is 1.62. The second kappa shape index (κ2) is 14.9. The van der Waals surface area contributed by atoms with Gasteiger partial charge in [0.1, 0.15) is 11.4 Å². The first kappa shape index (κ1) is 32.8. The number of halogens is 1. The van der Waals surface area contributed by atoms with Crippen molar-refractivity contribution in [3.8, 4) is 0 Å². The van der Waals surface area contributed by atoms with E-state index < -0.39 is 17.4 Å². The maximum atomic E-state index is 14.0. The largest absolute Gasteiger partial charge is 0.478 e. The fraction of sp³-hybridized carbons (Fsp3) is 0.600. The highest BCUT2D eigenvalue weighted by Crippen LogP contribution is 2.49. The molecule has 1 aliphatic heterocycles. The van der Waals surface area contributed by atoms with E-state index in [-0.39, 0.29) is 23.3 Å². The number of benzene rings is 1. The van der Waals surface area contributed by atoms with Crippen LogP contribution in [0.3, 0.4) is 0 Å². The van der Waals surface area contributed by atoms with Gasteiger partial charge in [0.25, 0.3) is 0 Å². The number of aromatic carboxylic acids is 1. The van der Waals surface area contributed by atoms with Gasteiger partial charge in [-0.25, -0.2) is 9.18 Å². The zero-order valence-electron chi connectivity index (χ0n) is 25.6. The minimum Gasteiger partial charge on any atom is -0.478 e. The average molecular weight is 568 g/mol. The monoisotopic (exact) mass is 567 g/mol. The second-order valence-corrected chi connectivity index (χ2v) is 12.3.